The first-order valence-corrected chi connectivity index (χ1v) is 10.8. The molecule has 2 unspecified atom stereocenters. The molecular formula is C11H23BO8P2S. The Kier molecular flexibility index (Phi) is 8.32. The molecule has 8 nitrogen and oxygen atoms in total. The maximum atomic E-state index is 12.0. The average Bonchev–Trinajstić information content (AvgIpc) is 2.70. The van der Waals surface area contributed by atoms with Crippen LogP contribution in [-0.4, -0.2) is 55.7 Å². The molecule has 0 aromatic rings. The lowest BCUT2D eigenvalue weighted by Crippen LogP contribution is -2.32. The SMILES string of the molecule is [B][C@@H]1C[C@H](CCP(=O)(O)OC)[C@@H](OP(=O)(O)O[C@H](C)S)[C@H]1OC. The molecule has 2 N–H and O–H groups in total. The fourth-order valence-electron chi connectivity index (χ4n) is 2.66. The predicted octanol–water partition coefficient (Wildman–Crippen LogP) is 1.98. The topological polar surface area (TPSA) is 112 Å². The average molecular weight is 388 g/mol. The number of ether oxygens (including phenoxy) is 1. The summed E-state index contributed by atoms with van der Waals surface area (Å²) in [7, 11) is 0.489. The summed E-state index contributed by atoms with van der Waals surface area (Å²) in [6, 6.07) is 0. The van der Waals surface area contributed by atoms with Crippen molar-refractivity contribution in [2.75, 3.05) is 20.4 Å². The molecule has 1 aliphatic carbocycles. The standard InChI is InChI=1S/C11H23BO8P2S/c1-7(23)19-22(15,16)20-10-8(4-5-21(13,14)18-3)6-9(12)11(10)17-2/h7-11,23H,4-6H2,1-3H3,(H,13,14)(H,15,16)/t7-,8-,9+,10+,11-/m0/s1. The smallest absolute Gasteiger partial charge is 0.379 e. The third kappa shape index (κ3) is 6.80. The Morgan fingerprint density at radius 2 is 1.91 bits per heavy atom. The monoisotopic (exact) mass is 388 g/mol. The van der Waals surface area contributed by atoms with E-state index in [2.05, 4.69) is 17.2 Å². The van der Waals surface area contributed by atoms with E-state index >= 15 is 0 Å². The van der Waals surface area contributed by atoms with E-state index in [1.807, 2.05) is 0 Å². The summed E-state index contributed by atoms with van der Waals surface area (Å²) in [5, 5.41) is 0. The van der Waals surface area contributed by atoms with Gasteiger partial charge in [-0.1, -0.05) is 6.42 Å². The maximum absolute atomic E-state index is 12.0. The van der Waals surface area contributed by atoms with Crippen LogP contribution in [-0.2, 0) is 27.4 Å². The first kappa shape index (κ1) is 21.7. The van der Waals surface area contributed by atoms with Gasteiger partial charge in [0.1, 0.15) is 5.44 Å². The first-order valence-electron chi connectivity index (χ1n) is 7.05. The minimum Gasteiger partial charge on any atom is -0.379 e. The quantitative estimate of drug-likeness (QED) is 0.238. The van der Waals surface area contributed by atoms with Gasteiger partial charge in [0, 0.05) is 14.2 Å². The molecular weight excluding hydrogens is 365 g/mol. The molecule has 0 aromatic heterocycles. The zero-order valence-corrected chi connectivity index (χ0v) is 16.0. The summed E-state index contributed by atoms with van der Waals surface area (Å²) in [4.78, 5) is 19.3. The minimum absolute atomic E-state index is 0.114. The zero-order chi connectivity index (χ0) is 17.8. The molecule has 1 aliphatic rings. The van der Waals surface area contributed by atoms with Gasteiger partial charge in [-0.25, -0.2) is 4.57 Å². The predicted molar refractivity (Wildman–Crippen MR) is 89.0 cm³/mol. The Morgan fingerprint density at radius 1 is 1.30 bits per heavy atom. The van der Waals surface area contributed by atoms with E-state index < -0.39 is 38.9 Å². The van der Waals surface area contributed by atoms with E-state index in [0.717, 1.165) is 7.11 Å². The van der Waals surface area contributed by atoms with Gasteiger partial charge in [0.15, 0.2) is 0 Å². The van der Waals surface area contributed by atoms with Crippen molar-refractivity contribution in [1.82, 2.24) is 0 Å². The third-order valence-corrected chi connectivity index (χ3v) is 6.42. The summed E-state index contributed by atoms with van der Waals surface area (Å²) >= 11 is 3.89. The van der Waals surface area contributed by atoms with Gasteiger partial charge in [0.05, 0.1) is 26.2 Å². The van der Waals surface area contributed by atoms with Gasteiger partial charge >= 0.3 is 15.4 Å². The highest BCUT2D eigenvalue weighted by Gasteiger charge is 2.46. The second-order valence-electron chi connectivity index (χ2n) is 5.44. The largest absolute Gasteiger partial charge is 0.473 e. The van der Waals surface area contributed by atoms with Crippen LogP contribution in [0.4, 0.5) is 0 Å². The lowest BCUT2D eigenvalue weighted by Gasteiger charge is -2.27. The number of thiol groups is 1. The number of hydrogen-bond acceptors (Lipinski definition) is 7. The van der Waals surface area contributed by atoms with Crippen molar-refractivity contribution >= 4 is 35.9 Å². The maximum Gasteiger partial charge on any atom is 0.473 e. The highest BCUT2D eigenvalue weighted by Crippen LogP contribution is 2.53. The van der Waals surface area contributed by atoms with Crippen molar-refractivity contribution in [3.05, 3.63) is 0 Å². The van der Waals surface area contributed by atoms with Crippen molar-refractivity contribution < 1.29 is 37.2 Å². The second-order valence-corrected chi connectivity index (χ2v) is 9.61. The molecule has 1 rings (SSSR count). The molecule has 0 heterocycles. The number of phosphoric ester groups is 1. The molecule has 12 heteroatoms. The van der Waals surface area contributed by atoms with Crippen LogP contribution in [0.1, 0.15) is 19.8 Å². The Bertz CT molecular complexity index is 479. The second kappa shape index (κ2) is 8.83. The van der Waals surface area contributed by atoms with Gasteiger partial charge in [-0.3, -0.25) is 13.6 Å². The normalized spacial score (nSPS) is 34.7. The summed E-state index contributed by atoms with van der Waals surface area (Å²) in [6.45, 7) is 1.47. The fourth-order valence-corrected chi connectivity index (χ4v) is 4.89. The summed E-state index contributed by atoms with van der Waals surface area (Å²) in [6.07, 6.45) is -0.925. The molecule has 2 radical (unpaired) electrons. The lowest BCUT2D eigenvalue weighted by atomic mass is 9.83. The number of hydrogen-bond donors (Lipinski definition) is 3. The van der Waals surface area contributed by atoms with E-state index in [0.29, 0.717) is 6.42 Å². The van der Waals surface area contributed by atoms with Crippen molar-refractivity contribution in [3.63, 3.8) is 0 Å². The van der Waals surface area contributed by atoms with Crippen LogP contribution in [0.15, 0.2) is 0 Å². The molecule has 0 aliphatic heterocycles. The minimum atomic E-state index is -4.36. The Hall–Kier alpha value is 0.635. The summed E-state index contributed by atoms with van der Waals surface area (Å²) in [5.41, 5.74) is -0.800. The molecule has 0 amide bonds. The van der Waals surface area contributed by atoms with Gasteiger partial charge in [-0.2, -0.15) is 0 Å². The molecule has 0 saturated heterocycles. The highest BCUT2D eigenvalue weighted by atomic mass is 32.1. The van der Waals surface area contributed by atoms with Crippen LogP contribution in [0.25, 0.3) is 0 Å². The van der Waals surface area contributed by atoms with Crippen molar-refractivity contribution in [1.29, 1.82) is 0 Å². The Balaban J connectivity index is 2.83. The van der Waals surface area contributed by atoms with Crippen LogP contribution in [0.2, 0.25) is 5.82 Å². The van der Waals surface area contributed by atoms with Crippen LogP contribution >= 0.6 is 28.0 Å². The van der Waals surface area contributed by atoms with Gasteiger partial charge < -0.3 is 19.0 Å². The van der Waals surface area contributed by atoms with Gasteiger partial charge in [-0.05, 0) is 25.1 Å². The van der Waals surface area contributed by atoms with E-state index in [1.54, 1.807) is 0 Å². The molecule has 0 bridgehead atoms. The Labute approximate surface area is 143 Å². The number of rotatable bonds is 9. The fraction of sp³-hybridized carbons (Fsp3) is 1.00. The highest BCUT2D eigenvalue weighted by molar-refractivity contribution is 7.81. The molecule has 0 aromatic carbocycles. The van der Waals surface area contributed by atoms with Crippen molar-refractivity contribution in [2.45, 2.75) is 43.2 Å². The van der Waals surface area contributed by atoms with Crippen LogP contribution in [0.5, 0.6) is 0 Å². The first-order chi connectivity index (χ1) is 10.5. The van der Waals surface area contributed by atoms with E-state index in [1.165, 1.54) is 14.0 Å². The van der Waals surface area contributed by atoms with Crippen LogP contribution in [0.3, 0.4) is 0 Å². The van der Waals surface area contributed by atoms with E-state index in [4.69, 9.17) is 21.6 Å². The molecule has 1 saturated carbocycles. The lowest BCUT2D eigenvalue weighted by molar-refractivity contribution is -0.0139. The molecule has 1 fully saturated rings. The van der Waals surface area contributed by atoms with Crippen LogP contribution < -0.4 is 0 Å². The van der Waals surface area contributed by atoms with Gasteiger partial charge in [0.2, 0.25) is 0 Å². The van der Waals surface area contributed by atoms with E-state index in [9.17, 15) is 18.9 Å². The molecule has 134 valence electrons. The van der Waals surface area contributed by atoms with Crippen molar-refractivity contribution in [3.8, 4) is 0 Å². The third-order valence-electron chi connectivity index (χ3n) is 3.67. The van der Waals surface area contributed by atoms with Crippen LogP contribution in [0, 0.1) is 5.92 Å². The summed E-state index contributed by atoms with van der Waals surface area (Å²) in [5.74, 6) is -0.770. The molecule has 0 spiro atoms. The van der Waals surface area contributed by atoms with Gasteiger partial charge in [0.25, 0.3) is 0 Å². The number of phosphoric acid groups is 1. The van der Waals surface area contributed by atoms with Gasteiger partial charge in [-0.15, -0.1) is 12.6 Å². The summed E-state index contributed by atoms with van der Waals surface area (Å²) < 4.78 is 43.4. The van der Waals surface area contributed by atoms with E-state index in [-0.39, 0.29) is 18.5 Å². The number of methoxy groups -OCH3 is 1. The molecule has 7 atom stereocenters. The molecule has 23 heavy (non-hydrogen) atoms. The Morgan fingerprint density at radius 3 is 2.39 bits per heavy atom. The van der Waals surface area contributed by atoms with Crippen molar-refractivity contribution in [2.24, 2.45) is 5.92 Å². The zero-order valence-electron chi connectivity index (χ0n) is 13.3.